The lowest BCUT2D eigenvalue weighted by Crippen LogP contribution is -2.60. The Hall–Kier alpha value is -9.49. The van der Waals surface area contributed by atoms with E-state index in [0.29, 0.717) is 50.2 Å². The van der Waals surface area contributed by atoms with E-state index in [0.717, 1.165) is 126 Å². The molecule has 0 spiro atoms. The molecule has 107 heavy (non-hydrogen) atoms. The van der Waals surface area contributed by atoms with Crippen LogP contribution in [0.4, 0.5) is 15.4 Å². The van der Waals surface area contributed by atoms with Crippen LogP contribution in [0.2, 0.25) is 5.02 Å². The van der Waals surface area contributed by atoms with Gasteiger partial charge in [-0.15, -0.1) is 40.8 Å². The Morgan fingerprint density at radius 2 is 1.14 bits per heavy atom. The van der Waals surface area contributed by atoms with Crippen molar-refractivity contribution in [2.45, 2.75) is 167 Å². The number of halogens is 1. The number of hydrogen-bond acceptors (Lipinski definition) is 26. The first-order valence-electron chi connectivity index (χ1n) is 35.9. The lowest BCUT2D eigenvalue weighted by molar-refractivity contribution is 0.170. The second kappa shape index (κ2) is 32.5. The summed E-state index contributed by atoms with van der Waals surface area (Å²) in [5.41, 5.74) is 9.12. The van der Waals surface area contributed by atoms with Crippen LogP contribution in [0.5, 0.6) is 23.0 Å². The summed E-state index contributed by atoms with van der Waals surface area (Å²) >= 11 is 12.7. The predicted octanol–water partition coefficient (Wildman–Crippen LogP) is 17.0. The Morgan fingerprint density at radius 3 is 1.71 bits per heavy atom. The summed E-state index contributed by atoms with van der Waals surface area (Å²) in [6, 6.07) is 25.3. The molecule has 0 unspecified atom stereocenters. The monoisotopic (exact) mass is 1540 g/mol. The van der Waals surface area contributed by atoms with Crippen molar-refractivity contribution in [3.05, 3.63) is 144 Å². The first kappa shape index (κ1) is 75.7. The Labute approximate surface area is 644 Å². The van der Waals surface area contributed by atoms with Crippen LogP contribution in [0, 0.1) is 6.92 Å². The third-order valence-electron chi connectivity index (χ3n) is 18.7. The lowest BCUT2D eigenvalue weighted by atomic mass is 9.80. The second-order valence-electron chi connectivity index (χ2n) is 29.9. The molecule has 560 valence electrons. The van der Waals surface area contributed by atoms with Gasteiger partial charge in [-0.25, -0.2) is 14.3 Å². The molecule has 11 heterocycles. The number of phenolic OH excluding ortho intramolecular Hbond substituents is 2. The van der Waals surface area contributed by atoms with Gasteiger partial charge in [-0.1, -0.05) is 69.1 Å². The van der Waals surface area contributed by atoms with E-state index in [1.165, 1.54) is 60.4 Å². The van der Waals surface area contributed by atoms with Crippen molar-refractivity contribution >= 4 is 77.9 Å². The number of anilines is 3. The van der Waals surface area contributed by atoms with Crippen LogP contribution in [0.25, 0.3) is 81.8 Å². The molecule has 12 aromatic rings. The molecular formula is C77H91ClN20O5S4. The Morgan fingerprint density at radius 1 is 0.561 bits per heavy atom. The molecule has 0 saturated carbocycles. The fourth-order valence-electron chi connectivity index (χ4n) is 14.7. The molecule has 3 saturated heterocycles. The maximum atomic E-state index is 10.8. The minimum atomic E-state index is 0.0303. The summed E-state index contributed by atoms with van der Waals surface area (Å²) < 4.78 is 22.0. The van der Waals surface area contributed by atoms with Crippen molar-refractivity contribution in [1.29, 1.82) is 0 Å². The number of rotatable bonds is 16. The average molecular weight is 1540 g/mol. The summed E-state index contributed by atoms with van der Waals surface area (Å²) in [5, 5.41) is 90.2. The highest BCUT2D eigenvalue weighted by Crippen LogP contribution is 2.45. The third kappa shape index (κ3) is 18.9. The zero-order chi connectivity index (χ0) is 75.2. The Kier molecular flexibility index (Phi) is 23.0. The normalized spacial score (nSPS) is 16.8. The highest BCUT2D eigenvalue weighted by Gasteiger charge is 2.40. The molecule has 4 aliphatic rings. The van der Waals surface area contributed by atoms with Gasteiger partial charge in [-0.3, -0.25) is 4.68 Å². The number of methoxy groups -OCH3 is 2. The van der Waals surface area contributed by atoms with Crippen molar-refractivity contribution < 1.29 is 24.1 Å². The maximum Gasteiger partial charge on any atom is 0.226 e. The van der Waals surface area contributed by atoms with Gasteiger partial charge in [0, 0.05) is 114 Å². The van der Waals surface area contributed by atoms with E-state index in [1.54, 1.807) is 83.0 Å². The number of aromatic hydroxyl groups is 2. The molecule has 25 nitrogen and oxygen atoms in total. The minimum Gasteiger partial charge on any atom is -0.507 e. The van der Waals surface area contributed by atoms with E-state index in [-0.39, 0.29) is 39.7 Å². The molecule has 3 aliphatic heterocycles. The van der Waals surface area contributed by atoms with Gasteiger partial charge in [0.05, 0.1) is 59.7 Å². The van der Waals surface area contributed by atoms with Crippen molar-refractivity contribution in [1.82, 2.24) is 85.7 Å². The van der Waals surface area contributed by atoms with Gasteiger partial charge in [0.1, 0.15) is 33.8 Å². The fraction of sp³-hybridized carbons (Fsp3) is 0.403. The number of ether oxygens (including phenoxy) is 2. The molecule has 0 bridgehead atoms. The molecule has 0 amide bonds. The molecular weight excluding hydrogens is 1450 g/mol. The average Bonchev–Trinajstić information content (AvgIpc) is 1.77. The summed E-state index contributed by atoms with van der Waals surface area (Å²) in [7, 11) is 5.14. The Balaban J connectivity index is 0.000000127. The number of hydrogen-bond donors (Lipinski definition) is 6. The van der Waals surface area contributed by atoms with Gasteiger partial charge in [-0.05, 0) is 205 Å². The van der Waals surface area contributed by atoms with E-state index >= 15 is 0 Å². The van der Waals surface area contributed by atoms with Crippen LogP contribution in [0.3, 0.4) is 0 Å². The summed E-state index contributed by atoms with van der Waals surface area (Å²) in [6.45, 7) is 21.8. The highest BCUT2D eigenvalue weighted by atomic mass is 35.5. The molecule has 8 aromatic heterocycles. The molecule has 0 atom stereocenters. The largest absolute Gasteiger partial charge is 0.507 e. The second-order valence-corrected chi connectivity index (χ2v) is 34.2. The van der Waals surface area contributed by atoms with Crippen LogP contribution in [0.15, 0.2) is 133 Å². The number of aromatic nitrogens is 15. The number of aryl methyl sites for hydroxylation is 2. The van der Waals surface area contributed by atoms with Gasteiger partial charge < -0.3 is 50.3 Å². The van der Waals surface area contributed by atoms with Crippen molar-refractivity contribution in [3.8, 4) is 99.2 Å². The van der Waals surface area contributed by atoms with Gasteiger partial charge >= 0.3 is 0 Å². The third-order valence-corrected chi connectivity index (χ3v) is 22.8. The number of allylic oxidation sites excluding steroid dienone is 2. The first-order chi connectivity index (χ1) is 51.3. The van der Waals surface area contributed by atoms with E-state index < -0.39 is 0 Å². The minimum absolute atomic E-state index is 0.0303. The smallest absolute Gasteiger partial charge is 0.226 e. The first-order valence-corrected chi connectivity index (χ1v) is 39.5. The number of nitrogens with zero attached hydrogens (tertiary/aromatic N) is 16. The summed E-state index contributed by atoms with van der Waals surface area (Å²) in [4.78, 5) is 6.50. The van der Waals surface area contributed by atoms with Crippen molar-refractivity contribution in [2.75, 3.05) is 42.8 Å². The van der Waals surface area contributed by atoms with Crippen LogP contribution in [-0.2, 0) is 7.05 Å². The van der Waals surface area contributed by atoms with E-state index in [1.807, 2.05) is 104 Å². The van der Waals surface area contributed by atoms with Gasteiger partial charge in [0.15, 0.2) is 20.0 Å². The summed E-state index contributed by atoms with van der Waals surface area (Å²) in [6.07, 6.45) is 27.4. The number of oxazole rings is 1. The number of benzene rings is 4. The fourth-order valence-corrected chi connectivity index (χ4v) is 18.7. The molecule has 4 aromatic carbocycles. The lowest BCUT2D eigenvalue weighted by Gasteiger charge is -2.46. The van der Waals surface area contributed by atoms with E-state index in [9.17, 15) is 10.2 Å². The number of phenols is 2. The van der Waals surface area contributed by atoms with Gasteiger partial charge in [0.25, 0.3) is 0 Å². The van der Waals surface area contributed by atoms with E-state index in [4.69, 9.17) is 25.5 Å². The van der Waals surface area contributed by atoms with Crippen molar-refractivity contribution in [3.63, 3.8) is 0 Å². The molecule has 30 heteroatoms. The Bertz CT molecular complexity index is 4980. The molecule has 1 aliphatic carbocycles. The van der Waals surface area contributed by atoms with Crippen LogP contribution < -0.4 is 35.6 Å². The van der Waals surface area contributed by atoms with Crippen LogP contribution in [-0.4, -0.2) is 147 Å². The zero-order valence-corrected chi connectivity index (χ0v) is 66.3. The quantitative estimate of drug-likeness (QED) is 0.0524. The number of nitrogens with one attached hydrogen (secondary N) is 4. The highest BCUT2D eigenvalue weighted by molar-refractivity contribution is 7.19. The zero-order valence-electron chi connectivity index (χ0n) is 62.3. The molecule has 16 rings (SSSR count). The van der Waals surface area contributed by atoms with Gasteiger partial charge in [-0.2, -0.15) is 15.3 Å². The van der Waals surface area contributed by atoms with E-state index in [2.05, 4.69) is 149 Å². The van der Waals surface area contributed by atoms with Crippen molar-refractivity contribution in [2.24, 2.45) is 7.05 Å². The molecule has 6 N–H and O–H groups in total. The molecule has 3 fully saturated rings. The topological polar surface area (TPSA) is 293 Å². The van der Waals surface area contributed by atoms with Gasteiger partial charge in [0.2, 0.25) is 21.3 Å². The predicted molar refractivity (Wildman–Crippen MR) is 428 cm³/mol. The van der Waals surface area contributed by atoms with Crippen LogP contribution >= 0.6 is 56.9 Å². The molecule has 0 radical (unpaired) electrons. The van der Waals surface area contributed by atoms with Crippen LogP contribution in [0.1, 0.15) is 137 Å². The standard InChI is InChI=1S/C22H29N5O3S.C21H27ClN6S.C18H18N4OS.C16H17N5OS/c1-12-11-23-18(30-12)13-7-15(28)17(16(8-13)29-6)19-25-26-20(31-19)24-14-9-21(2,3)27-22(4,5)10-14;1-20(2)9-15(10-21(3,4)27-20)24-19-26-25-18(29-19)16-7-6-13(8-17(16)22)14-11-23-28(5)12-14;1-23-16-12-14(22-11-5-10-19-22)8-9-15(16)18-21-20-17(24-18)13-6-3-2-4-7-13;22-14-11-12(21-10-4-7-17-21)5-6-13(14)15-18-19-16(23-15)20-8-2-1-3-9-20/h7-8,11,14,27-28H,9-10H2,1-6H3,(H,24,26);6-8,11-12,15,27H,9-10H2,1-5H3,(H,24,26);5-6,8-12H,2-4,7H2,1H3;4-7,10-11,22H,1-3,8-9H2. The SMILES string of the molecule is COc1cc(-c2ncc(C)o2)cc(O)c1-c1nnc(NC2CC(C)(C)NC(C)(C)C2)s1.COc1cc(-n2cccn2)ccc1-c1nnc(C2=CCCCC2)s1.Cn1cc(-c2ccc(-c3nnc(NC4CC(C)(C)NC(C)(C)C4)s3)c(Cl)c2)cn1.Oc1cc(-n2cccn2)ccc1-c1nnc(N2CCCCC2)s1. The maximum absolute atomic E-state index is 10.8. The summed E-state index contributed by atoms with van der Waals surface area (Å²) in [5.74, 6) is 2.62. The number of piperidine rings is 3.